The fourth-order valence-corrected chi connectivity index (χ4v) is 3.88. The van der Waals surface area contributed by atoms with Crippen LogP contribution in [0.2, 0.25) is 0 Å². The summed E-state index contributed by atoms with van der Waals surface area (Å²) in [6.45, 7) is 8.23. The van der Waals surface area contributed by atoms with Crippen molar-refractivity contribution in [2.75, 3.05) is 50.6 Å². The monoisotopic (exact) mass is 455 g/mol. The number of ether oxygens (including phenoxy) is 1. The lowest BCUT2D eigenvalue weighted by Crippen LogP contribution is -2.36. The summed E-state index contributed by atoms with van der Waals surface area (Å²) in [7, 11) is 3.72. The largest absolute Gasteiger partial charge is 0.440 e. The zero-order valence-electron chi connectivity index (χ0n) is 19.0. The molecule has 174 valence electrons. The molecule has 3 aromatic rings. The standard InChI is InChI=1S/C25H27F2N3O3/c1-15(28-21-7-5-6-20(26)24(21)27)18-12-17(16(2)29(3)4)13-19-22(31)14-23(33-25(18)19)30-8-10-32-11-9-30/h5-7,12-15,28H,2,8-11H2,1,3-4H3. The molecule has 33 heavy (non-hydrogen) atoms. The Hall–Kier alpha value is -3.39. The highest BCUT2D eigenvalue weighted by molar-refractivity contribution is 5.86. The third-order valence-corrected chi connectivity index (χ3v) is 5.83. The van der Waals surface area contributed by atoms with Gasteiger partial charge in [0, 0.05) is 44.5 Å². The molecule has 1 fully saturated rings. The zero-order valence-corrected chi connectivity index (χ0v) is 19.0. The van der Waals surface area contributed by atoms with Gasteiger partial charge in [-0.3, -0.25) is 4.79 Å². The Morgan fingerprint density at radius 3 is 2.61 bits per heavy atom. The Morgan fingerprint density at radius 1 is 1.18 bits per heavy atom. The second kappa shape index (κ2) is 9.23. The van der Waals surface area contributed by atoms with Crippen LogP contribution in [0.4, 0.5) is 20.4 Å². The fraction of sp³-hybridized carbons (Fsp3) is 0.320. The molecule has 0 amide bonds. The predicted octanol–water partition coefficient (Wildman–Crippen LogP) is 4.61. The topological polar surface area (TPSA) is 58.0 Å². The number of nitrogens with zero attached hydrogens (tertiary/aromatic N) is 2. The molecular weight excluding hydrogens is 428 g/mol. The summed E-state index contributed by atoms with van der Waals surface area (Å²) >= 11 is 0. The van der Waals surface area contributed by atoms with E-state index in [2.05, 4.69) is 11.9 Å². The van der Waals surface area contributed by atoms with E-state index < -0.39 is 17.7 Å². The second-order valence-corrected chi connectivity index (χ2v) is 8.30. The van der Waals surface area contributed by atoms with Crippen LogP contribution >= 0.6 is 0 Å². The molecule has 0 radical (unpaired) electrons. The molecule has 1 aliphatic rings. The van der Waals surface area contributed by atoms with Gasteiger partial charge in [-0.1, -0.05) is 12.6 Å². The molecule has 2 heterocycles. The van der Waals surface area contributed by atoms with Crippen LogP contribution in [0.1, 0.15) is 24.1 Å². The van der Waals surface area contributed by atoms with Crippen molar-refractivity contribution in [3.8, 4) is 0 Å². The molecule has 2 aromatic carbocycles. The van der Waals surface area contributed by atoms with Crippen LogP contribution in [0, 0.1) is 11.6 Å². The first kappa shape index (κ1) is 22.8. The van der Waals surface area contributed by atoms with Crippen molar-refractivity contribution >= 4 is 28.2 Å². The van der Waals surface area contributed by atoms with Crippen LogP contribution in [0.15, 0.2) is 52.2 Å². The first-order valence-electron chi connectivity index (χ1n) is 10.8. The van der Waals surface area contributed by atoms with Gasteiger partial charge < -0.3 is 24.3 Å². The fourth-order valence-electron chi connectivity index (χ4n) is 3.88. The van der Waals surface area contributed by atoms with Crippen molar-refractivity contribution in [2.45, 2.75) is 13.0 Å². The normalized spacial score (nSPS) is 14.9. The van der Waals surface area contributed by atoms with Crippen LogP contribution in [0.25, 0.3) is 16.7 Å². The number of nitrogens with one attached hydrogen (secondary N) is 1. The number of rotatable bonds is 6. The molecule has 0 spiro atoms. The molecule has 1 atom stereocenters. The van der Waals surface area contributed by atoms with Crippen LogP contribution < -0.4 is 15.6 Å². The van der Waals surface area contributed by atoms with Gasteiger partial charge in [0.1, 0.15) is 5.58 Å². The van der Waals surface area contributed by atoms with Crippen LogP contribution in [0.5, 0.6) is 0 Å². The summed E-state index contributed by atoms with van der Waals surface area (Å²) in [5.74, 6) is -1.44. The van der Waals surface area contributed by atoms with Gasteiger partial charge >= 0.3 is 0 Å². The van der Waals surface area contributed by atoms with Crippen molar-refractivity contribution in [1.29, 1.82) is 0 Å². The van der Waals surface area contributed by atoms with Gasteiger partial charge in [-0.05, 0) is 36.8 Å². The zero-order chi connectivity index (χ0) is 23.7. The van der Waals surface area contributed by atoms with E-state index in [1.807, 2.05) is 36.9 Å². The number of morpholine rings is 1. The molecule has 6 nitrogen and oxygen atoms in total. The molecular formula is C25H27F2N3O3. The van der Waals surface area contributed by atoms with Crippen molar-refractivity contribution in [1.82, 2.24) is 4.90 Å². The summed E-state index contributed by atoms with van der Waals surface area (Å²) in [4.78, 5) is 16.9. The van der Waals surface area contributed by atoms with Crippen molar-refractivity contribution in [3.63, 3.8) is 0 Å². The van der Waals surface area contributed by atoms with E-state index in [4.69, 9.17) is 9.15 Å². The van der Waals surface area contributed by atoms with Crippen LogP contribution in [-0.4, -0.2) is 45.3 Å². The summed E-state index contributed by atoms with van der Waals surface area (Å²) < 4.78 is 39.7. The highest BCUT2D eigenvalue weighted by atomic mass is 19.2. The lowest BCUT2D eigenvalue weighted by molar-refractivity contribution is 0.121. The predicted molar refractivity (Wildman–Crippen MR) is 127 cm³/mol. The first-order chi connectivity index (χ1) is 15.8. The first-order valence-corrected chi connectivity index (χ1v) is 10.8. The average molecular weight is 456 g/mol. The van der Waals surface area contributed by atoms with E-state index in [0.29, 0.717) is 54.4 Å². The maximum Gasteiger partial charge on any atom is 0.200 e. The second-order valence-electron chi connectivity index (χ2n) is 8.30. The number of halogens is 2. The van der Waals surface area contributed by atoms with Crippen LogP contribution in [0.3, 0.4) is 0 Å². The molecule has 4 rings (SSSR count). The molecule has 1 saturated heterocycles. The Morgan fingerprint density at radius 2 is 1.91 bits per heavy atom. The SMILES string of the molecule is C=C(c1cc(C(C)Nc2cccc(F)c2F)c2oc(N3CCOCC3)cc(=O)c2c1)N(C)C. The van der Waals surface area contributed by atoms with Crippen molar-refractivity contribution in [3.05, 3.63) is 76.0 Å². The van der Waals surface area contributed by atoms with E-state index >= 15 is 0 Å². The van der Waals surface area contributed by atoms with Crippen LogP contribution in [-0.2, 0) is 4.74 Å². The lowest BCUT2D eigenvalue weighted by Gasteiger charge is -2.28. The number of fused-ring (bicyclic) bond motifs is 1. The highest BCUT2D eigenvalue weighted by Gasteiger charge is 2.21. The molecule has 1 N–H and O–H groups in total. The van der Waals surface area contributed by atoms with Gasteiger partial charge in [0.05, 0.1) is 30.3 Å². The Labute approximate surface area is 191 Å². The van der Waals surface area contributed by atoms with Gasteiger partial charge in [0.15, 0.2) is 22.9 Å². The minimum atomic E-state index is -0.960. The minimum absolute atomic E-state index is 0.0270. The van der Waals surface area contributed by atoms with Gasteiger partial charge in [-0.15, -0.1) is 0 Å². The summed E-state index contributed by atoms with van der Waals surface area (Å²) in [5, 5.41) is 3.42. The molecule has 0 aliphatic carbocycles. The third kappa shape index (κ3) is 4.57. The van der Waals surface area contributed by atoms with E-state index in [9.17, 15) is 13.6 Å². The maximum absolute atomic E-state index is 14.3. The number of hydrogen-bond donors (Lipinski definition) is 1. The molecule has 8 heteroatoms. The van der Waals surface area contributed by atoms with Gasteiger partial charge in [-0.2, -0.15) is 0 Å². The van der Waals surface area contributed by atoms with E-state index in [1.54, 1.807) is 6.07 Å². The summed E-state index contributed by atoms with van der Waals surface area (Å²) in [5.41, 5.74) is 2.33. The Balaban J connectivity index is 1.86. The number of benzene rings is 2. The minimum Gasteiger partial charge on any atom is -0.440 e. The molecule has 1 aromatic heterocycles. The van der Waals surface area contributed by atoms with Gasteiger partial charge in [0.2, 0.25) is 0 Å². The van der Waals surface area contributed by atoms with Crippen molar-refractivity contribution in [2.24, 2.45) is 0 Å². The van der Waals surface area contributed by atoms with E-state index in [1.165, 1.54) is 18.2 Å². The Kier molecular flexibility index (Phi) is 6.37. The maximum atomic E-state index is 14.3. The summed E-state index contributed by atoms with van der Waals surface area (Å²) in [6, 6.07) is 8.58. The van der Waals surface area contributed by atoms with Gasteiger partial charge in [0.25, 0.3) is 0 Å². The van der Waals surface area contributed by atoms with Gasteiger partial charge in [-0.25, -0.2) is 8.78 Å². The quantitative estimate of drug-likeness (QED) is 0.586. The molecule has 0 saturated carbocycles. The number of anilines is 2. The number of hydrogen-bond acceptors (Lipinski definition) is 6. The average Bonchev–Trinajstić information content (AvgIpc) is 2.81. The molecule has 0 bridgehead atoms. The molecule has 1 aliphatic heterocycles. The Bertz CT molecular complexity index is 1250. The lowest BCUT2D eigenvalue weighted by atomic mass is 9.99. The van der Waals surface area contributed by atoms with E-state index in [-0.39, 0.29) is 11.1 Å². The van der Waals surface area contributed by atoms with E-state index in [0.717, 1.165) is 11.6 Å². The highest BCUT2D eigenvalue weighted by Crippen LogP contribution is 2.33. The van der Waals surface area contributed by atoms with Crippen molar-refractivity contribution < 1.29 is 17.9 Å². The summed E-state index contributed by atoms with van der Waals surface area (Å²) in [6.07, 6.45) is 0. The smallest absolute Gasteiger partial charge is 0.200 e. The molecule has 1 unspecified atom stereocenters. The third-order valence-electron chi connectivity index (χ3n) is 5.83.